The lowest BCUT2D eigenvalue weighted by Crippen LogP contribution is -2.33. The largest absolute Gasteiger partial charge is 0.409 e. The van der Waals surface area contributed by atoms with Crippen LogP contribution in [0.25, 0.3) is 0 Å². The molecule has 0 rings (SSSR count). The summed E-state index contributed by atoms with van der Waals surface area (Å²) in [4.78, 5) is 10.7. The molecule has 6 heteroatoms. The number of nitrogens with zero attached hydrogens (tertiary/aromatic N) is 1. The monoisotopic (exact) mass is 188 g/mol. The van der Waals surface area contributed by atoms with Crippen molar-refractivity contribution in [2.45, 2.75) is 19.3 Å². The maximum Gasteiger partial charge on any atom is 0.314 e. The first kappa shape index (κ1) is 11.5. The van der Waals surface area contributed by atoms with E-state index in [2.05, 4.69) is 15.8 Å². The van der Waals surface area contributed by atoms with Crippen molar-refractivity contribution in [2.24, 2.45) is 10.9 Å². The minimum absolute atomic E-state index is 0.191. The van der Waals surface area contributed by atoms with E-state index in [4.69, 9.17) is 10.9 Å². The summed E-state index contributed by atoms with van der Waals surface area (Å²) in [7, 11) is 1.56. The Morgan fingerprint density at radius 3 is 2.77 bits per heavy atom. The molecule has 0 saturated heterocycles. The Labute approximate surface area is 77.2 Å². The number of carbonyl (C=O) groups excluding carboxylic acids is 1. The zero-order chi connectivity index (χ0) is 10.1. The number of amidine groups is 1. The quantitative estimate of drug-likeness (QED) is 0.158. The summed E-state index contributed by atoms with van der Waals surface area (Å²) >= 11 is 0. The fourth-order valence-corrected chi connectivity index (χ4v) is 0.771. The first-order valence-corrected chi connectivity index (χ1v) is 4.12. The lowest BCUT2D eigenvalue weighted by atomic mass is 10.2. The van der Waals surface area contributed by atoms with Crippen molar-refractivity contribution in [3.05, 3.63) is 0 Å². The normalized spacial score (nSPS) is 11.0. The third-order valence-corrected chi connectivity index (χ3v) is 1.50. The van der Waals surface area contributed by atoms with Crippen molar-refractivity contribution < 1.29 is 10.0 Å². The van der Waals surface area contributed by atoms with E-state index < -0.39 is 0 Å². The molecule has 0 saturated carbocycles. The number of nitrogens with one attached hydrogen (secondary N) is 2. The molecule has 2 amide bonds. The Hall–Kier alpha value is -1.46. The van der Waals surface area contributed by atoms with Crippen LogP contribution in [-0.4, -0.2) is 30.7 Å². The van der Waals surface area contributed by atoms with Crippen LogP contribution in [0.1, 0.15) is 19.3 Å². The van der Waals surface area contributed by atoms with Crippen LogP contribution >= 0.6 is 0 Å². The summed E-state index contributed by atoms with van der Waals surface area (Å²) in [6, 6.07) is -0.191. The average molecular weight is 188 g/mol. The molecule has 0 aromatic rings. The number of unbranched alkanes of at least 4 members (excludes halogenated alkanes) is 1. The first-order valence-electron chi connectivity index (χ1n) is 4.12. The molecular formula is C7H16N4O2. The van der Waals surface area contributed by atoms with Crippen LogP contribution in [0, 0.1) is 0 Å². The summed E-state index contributed by atoms with van der Waals surface area (Å²) in [6.07, 6.45) is 2.15. The van der Waals surface area contributed by atoms with Gasteiger partial charge in [-0.25, -0.2) is 4.79 Å². The standard InChI is InChI=1S/C7H16N4O2/c1-9-7(12)10-5-3-2-4-6(8)11-13/h13H,2-5H2,1H3,(H2,8,11)(H2,9,10,12). The smallest absolute Gasteiger partial charge is 0.314 e. The molecule has 13 heavy (non-hydrogen) atoms. The highest BCUT2D eigenvalue weighted by Crippen LogP contribution is 1.93. The highest BCUT2D eigenvalue weighted by Gasteiger charge is 1.96. The van der Waals surface area contributed by atoms with Crippen molar-refractivity contribution in [1.29, 1.82) is 0 Å². The number of hydrogen-bond donors (Lipinski definition) is 4. The SMILES string of the molecule is CNC(=O)NCCCCC(N)=NO. The third kappa shape index (κ3) is 6.92. The van der Waals surface area contributed by atoms with E-state index in [0.29, 0.717) is 13.0 Å². The predicted molar refractivity (Wildman–Crippen MR) is 49.7 cm³/mol. The molecule has 76 valence electrons. The van der Waals surface area contributed by atoms with Gasteiger partial charge in [-0.2, -0.15) is 0 Å². The zero-order valence-corrected chi connectivity index (χ0v) is 7.71. The van der Waals surface area contributed by atoms with Gasteiger partial charge in [0.25, 0.3) is 0 Å². The lowest BCUT2D eigenvalue weighted by molar-refractivity contribution is 0.242. The molecule has 0 bridgehead atoms. The molecule has 0 aliphatic rings. The summed E-state index contributed by atoms with van der Waals surface area (Å²) in [5, 5.41) is 16.1. The summed E-state index contributed by atoms with van der Waals surface area (Å²) in [5.74, 6) is 0.222. The minimum Gasteiger partial charge on any atom is -0.409 e. The van der Waals surface area contributed by atoms with E-state index in [9.17, 15) is 4.79 Å². The second-order valence-electron chi connectivity index (χ2n) is 2.55. The van der Waals surface area contributed by atoms with Gasteiger partial charge in [0.2, 0.25) is 0 Å². The number of urea groups is 1. The number of nitrogens with two attached hydrogens (primary N) is 1. The molecule has 0 aliphatic heterocycles. The Balaban J connectivity index is 3.22. The van der Waals surface area contributed by atoms with Gasteiger partial charge in [-0.15, -0.1) is 0 Å². The number of rotatable bonds is 5. The van der Waals surface area contributed by atoms with Gasteiger partial charge >= 0.3 is 6.03 Å². The summed E-state index contributed by atoms with van der Waals surface area (Å²) in [6.45, 7) is 0.596. The molecule has 0 radical (unpaired) electrons. The second kappa shape index (κ2) is 7.20. The Kier molecular flexibility index (Phi) is 6.39. The molecule has 0 aliphatic carbocycles. The molecular weight excluding hydrogens is 172 g/mol. The van der Waals surface area contributed by atoms with Crippen LogP contribution in [0.4, 0.5) is 4.79 Å². The lowest BCUT2D eigenvalue weighted by Gasteiger charge is -2.03. The molecule has 6 nitrogen and oxygen atoms in total. The summed E-state index contributed by atoms with van der Waals surface area (Å²) in [5.41, 5.74) is 5.24. The zero-order valence-electron chi connectivity index (χ0n) is 7.71. The maximum absolute atomic E-state index is 10.7. The average Bonchev–Trinajstić information content (AvgIpc) is 2.16. The van der Waals surface area contributed by atoms with E-state index in [1.54, 1.807) is 7.05 Å². The van der Waals surface area contributed by atoms with Crippen LogP contribution < -0.4 is 16.4 Å². The second-order valence-corrected chi connectivity index (χ2v) is 2.55. The van der Waals surface area contributed by atoms with Gasteiger partial charge in [0.05, 0.1) is 0 Å². The van der Waals surface area contributed by atoms with Gasteiger partial charge in [-0.05, 0) is 12.8 Å². The van der Waals surface area contributed by atoms with Gasteiger partial charge in [-0.1, -0.05) is 5.16 Å². The Morgan fingerprint density at radius 2 is 2.23 bits per heavy atom. The van der Waals surface area contributed by atoms with Crippen molar-refractivity contribution >= 4 is 11.9 Å². The van der Waals surface area contributed by atoms with Crippen LogP contribution in [0.5, 0.6) is 0 Å². The van der Waals surface area contributed by atoms with E-state index >= 15 is 0 Å². The van der Waals surface area contributed by atoms with Crippen LogP contribution in [0.15, 0.2) is 5.16 Å². The van der Waals surface area contributed by atoms with Crippen LogP contribution in [0.2, 0.25) is 0 Å². The van der Waals surface area contributed by atoms with Gasteiger partial charge in [0.15, 0.2) is 0 Å². The highest BCUT2D eigenvalue weighted by molar-refractivity contribution is 5.79. The van der Waals surface area contributed by atoms with E-state index in [0.717, 1.165) is 12.8 Å². The van der Waals surface area contributed by atoms with Gasteiger partial charge < -0.3 is 21.6 Å². The molecule has 0 spiro atoms. The Bertz CT molecular complexity index is 181. The fourth-order valence-electron chi connectivity index (χ4n) is 0.771. The molecule has 0 aromatic heterocycles. The van der Waals surface area contributed by atoms with Crippen LogP contribution in [0.3, 0.4) is 0 Å². The molecule has 0 atom stereocenters. The topological polar surface area (TPSA) is 99.7 Å². The number of amides is 2. The van der Waals surface area contributed by atoms with Crippen molar-refractivity contribution in [1.82, 2.24) is 10.6 Å². The molecule has 0 heterocycles. The number of hydrogen-bond acceptors (Lipinski definition) is 3. The third-order valence-electron chi connectivity index (χ3n) is 1.50. The first-order chi connectivity index (χ1) is 6.20. The van der Waals surface area contributed by atoms with Crippen molar-refractivity contribution in [3.8, 4) is 0 Å². The summed E-state index contributed by atoms with van der Waals surface area (Å²) < 4.78 is 0. The maximum atomic E-state index is 10.7. The van der Waals surface area contributed by atoms with Crippen molar-refractivity contribution in [3.63, 3.8) is 0 Å². The van der Waals surface area contributed by atoms with Crippen LogP contribution in [-0.2, 0) is 0 Å². The highest BCUT2D eigenvalue weighted by atomic mass is 16.4. The Morgan fingerprint density at radius 1 is 1.54 bits per heavy atom. The molecule has 0 unspecified atom stereocenters. The van der Waals surface area contributed by atoms with Crippen molar-refractivity contribution in [2.75, 3.05) is 13.6 Å². The van der Waals surface area contributed by atoms with Gasteiger partial charge in [0.1, 0.15) is 5.84 Å². The van der Waals surface area contributed by atoms with E-state index in [-0.39, 0.29) is 11.9 Å². The molecule has 0 fully saturated rings. The minimum atomic E-state index is -0.191. The van der Waals surface area contributed by atoms with E-state index in [1.807, 2.05) is 0 Å². The van der Waals surface area contributed by atoms with Gasteiger partial charge in [-0.3, -0.25) is 0 Å². The number of carbonyl (C=O) groups is 1. The van der Waals surface area contributed by atoms with E-state index in [1.165, 1.54) is 0 Å². The number of oxime groups is 1. The fraction of sp³-hybridized carbons (Fsp3) is 0.714. The van der Waals surface area contributed by atoms with Gasteiger partial charge in [0, 0.05) is 20.0 Å². The molecule has 0 aromatic carbocycles. The molecule has 5 N–H and O–H groups in total. The predicted octanol–water partition coefficient (Wildman–Crippen LogP) is -0.168.